The van der Waals surface area contributed by atoms with Crippen molar-refractivity contribution in [2.75, 3.05) is 18.6 Å². The number of hydroxylamine groups is 1. The summed E-state index contributed by atoms with van der Waals surface area (Å²) in [7, 11) is 0. The lowest BCUT2D eigenvalue weighted by Crippen LogP contribution is -2.55. The normalized spacial score (nSPS) is 13.5. The zero-order valence-electron chi connectivity index (χ0n) is 17.3. The van der Waals surface area contributed by atoms with Gasteiger partial charge in [0.1, 0.15) is 11.6 Å². The Labute approximate surface area is 171 Å². The van der Waals surface area contributed by atoms with Crippen LogP contribution >= 0.6 is 11.8 Å². The number of amides is 1. The summed E-state index contributed by atoms with van der Waals surface area (Å²) in [6.07, 6.45) is 1.92. The van der Waals surface area contributed by atoms with Crippen molar-refractivity contribution in [1.82, 2.24) is 10.8 Å². The maximum Gasteiger partial charge on any atom is 0.407 e. The number of thioether (sulfide) groups is 1. The fourth-order valence-corrected chi connectivity index (χ4v) is 2.83. The molecule has 0 heterocycles. The van der Waals surface area contributed by atoms with Crippen LogP contribution in [-0.2, 0) is 25.7 Å². The summed E-state index contributed by atoms with van der Waals surface area (Å²) >= 11 is 1.62. The van der Waals surface area contributed by atoms with Crippen LogP contribution in [0.3, 0.4) is 0 Å². The maximum atomic E-state index is 12.5. The Hall–Kier alpha value is -1.77. The number of esters is 1. The average molecular weight is 413 g/mol. The van der Waals surface area contributed by atoms with Gasteiger partial charge in [-0.05, 0) is 51.7 Å². The van der Waals surface area contributed by atoms with E-state index in [1.54, 1.807) is 39.5 Å². The topological polar surface area (TPSA) is 85.9 Å². The second-order valence-corrected chi connectivity index (χ2v) is 8.14. The third kappa shape index (κ3) is 9.96. The lowest BCUT2D eigenvalue weighted by Gasteiger charge is -2.28. The third-order valence-electron chi connectivity index (χ3n) is 3.57. The van der Waals surface area contributed by atoms with Gasteiger partial charge in [0.25, 0.3) is 0 Å². The van der Waals surface area contributed by atoms with Crippen molar-refractivity contribution in [3.63, 3.8) is 0 Å². The Morgan fingerprint density at radius 2 is 1.86 bits per heavy atom. The quantitative estimate of drug-likeness (QED) is 0.426. The highest BCUT2D eigenvalue weighted by molar-refractivity contribution is 7.98. The summed E-state index contributed by atoms with van der Waals surface area (Å²) in [4.78, 5) is 30.3. The minimum absolute atomic E-state index is 0.234. The Kier molecular flexibility index (Phi) is 11.0. The molecular weight excluding hydrogens is 380 g/mol. The highest BCUT2D eigenvalue weighted by Crippen LogP contribution is 2.11. The first-order valence-electron chi connectivity index (χ1n) is 9.33. The van der Waals surface area contributed by atoms with Crippen LogP contribution in [0, 0.1) is 0 Å². The molecule has 2 unspecified atom stereocenters. The zero-order valence-corrected chi connectivity index (χ0v) is 18.1. The molecule has 0 spiro atoms. The predicted molar refractivity (Wildman–Crippen MR) is 111 cm³/mol. The summed E-state index contributed by atoms with van der Waals surface area (Å²) in [5.41, 5.74) is 3.10. The molecule has 0 radical (unpaired) electrons. The largest absolute Gasteiger partial charge is 0.465 e. The fourth-order valence-electron chi connectivity index (χ4n) is 2.34. The molecule has 0 aromatic heterocycles. The number of ether oxygens (including phenoxy) is 2. The summed E-state index contributed by atoms with van der Waals surface area (Å²) in [5.74, 6) is 0.259. The monoisotopic (exact) mass is 412 g/mol. The number of carbonyl (C=O) groups is 2. The van der Waals surface area contributed by atoms with Crippen molar-refractivity contribution in [3.05, 3.63) is 35.9 Å². The van der Waals surface area contributed by atoms with E-state index in [1.807, 2.05) is 36.6 Å². The maximum absolute atomic E-state index is 12.5. The third-order valence-corrected chi connectivity index (χ3v) is 4.21. The molecule has 1 aromatic carbocycles. The summed E-state index contributed by atoms with van der Waals surface area (Å²) < 4.78 is 10.5. The summed E-state index contributed by atoms with van der Waals surface area (Å²) in [5, 5.41) is 2.78. The number of benzene rings is 1. The Balaban J connectivity index is 2.82. The first kappa shape index (κ1) is 24.3. The molecule has 2 atom stereocenters. The molecule has 0 aliphatic carbocycles. The van der Waals surface area contributed by atoms with Crippen LogP contribution in [0.1, 0.15) is 39.7 Å². The molecule has 158 valence electrons. The van der Waals surface area contributed by atoms with Crippen LogP contribution in [0.5, 0.6) is 0 Å². The Morgan fingerprint density at radius 1 is 1.18 bits per heavy atom. The first-order valence-corrected chi connectivity index (χ1v) is 10.7. The molecular formula is C20H32N2O5S. The molecule has 0 saturated heterocycles. The second kappa shape index (κ2) is 12.6. The van der Waals surface area contributed by atoms with Crippen molar-refractivity contribution < 1.29 is 23.9 Å². The van der Waals surface area contributed by atoms with Gasteiger partial charge >= 0.3 is 12.1 Å². The van der Waals surface area contributed by atoms with Crippen LogP contribution in [0.4, 0.5) is 4.79 Å². The lowest BCUT2D eigenvalue weighted by atomic mass is 10.1. The van der Waals surface area contributed by atoms with Crippen molar-refractivity contribution in [3.8, 4) is 0 Å². The SMILES string of the molecule is CCOC(=O)C(NOCc1ccccc1)C(CCSC)NC(=O)OC(C)(C)C. The van der Waals surface area contributed by atoms with E-state index in [1.165, 1.54) is 0 Å². The minimum Gasteiger partial charge on any atom is -0.465 e. The Morgan fingerprint density at radius 3 is 2.43 bits per heavy atom. The average Bonchev–Trinajstić information content (AvgIpc) is 2.62. The molecule has 8 heteroatoms. The van der Waals surface area contributed by atoms with Gasteiger partial charge in [0.2, 0.25) is 0 Å². The van der Waals surface area contributed by atoms with Gasteiger partial charge < -0.3 is 14.8 Å². The highest BCUT2D eigenvalue weighted by Gasteiger charge is 2.32. The molecule has 7 nitrogen and oxygen atoms in total. The Bertz CT molecular complexity index is 592. The van der Waals surface area contributed by atoms with Crippen molar-refractivity contribution in [2.45, 2.75) is 58.4 Å². The van der Waals surface area contributed by atoms with Gasteiger partial charge in [-0.1, -0.05) is 30.3 Å². The van der Waals surface area contributed by atoms with E-state index < -0.39 is 29.7 Å². The van der Waals surface area contributed by atoms with E-state index in [9.17, 15) is 9.59 Å². The number of carbonyl (C=O) groups excluding carboxylic acids is 2. The first-order chi connectivity index (χ1) is 13.3. The smallest absolute Gasteiger partial charge is 0.407 e. The van der Waals surface area contributed by atoms with E-state index in [-0.39, 0.29) is 13.2 Å². The van der Waals surface area contributed by atoms with Gasteiger partial charge in [-0.2, -0.15) is 17.2 Å². The van der Waals surface area contributed by atoms with Gasteiger partial charge in [0.15, 0.2) is 0 Å². The van der Waals surface area contributed by atoms with Crippen LogP contribution in [0.15, 0.2) is 30.3 Å². The molecule has 1 amide bonds. The molecule has 0 bridgehead atoms. The minimum atomic E-state index is -0.858. The van der Waals surface area contributed by atoms with E-state index in [0.29, 0.717) is 6.42 Å². The van der Waals surface area contributed by atoms with E-state index in [0.717, 1.165) is 11.3 Å². The standard InChI is InChI=1S/C20H32N2O5S/c1-6-25-18(23)17(22-26-14-15-10-8-7-9-11-15)16(12-13-28-5)21-19(24)27-20(2,3)4/h7-11,16-17,22H,6,12-14H2,1-5H3,(H,21,24). The number of rotatable bonds is 11. The van der Waals surface area contributed by atoms with Gasteiger partial charge in [0.05, 0.1) is 19.3 Å². The van der Waals surface area contributed by atoms with E-state index in [2.05, 4.69) is 10.8 Å². The second-order valence-electron chi connectivity index (χ2n) is 7.16. The lowest BCUT2D eigenvalue weighted by molar-refractivity contribution is -0.152. The van der Waals surface area contributed by atoms with Crippen molar-refractivity contribution >= 4 is 23.8 Å². The highest BCUT2D eigenvalue weighted by atomic mass is 32.2. The molecule has 0 aliphatic rings. The van der Waals surface area contributed by atoms with E-state index in [4.69, 9.17) is 14.3 Å². The zero-order chi connectivity index (χ0) is 21.0. The van der Waals surface area contributed by atoms with Crippen LogP contribution in [0.25, 0.3) is 0 Å². The molecule has 1 aromatic rings. The number of hydrogen-bond acceptors (Lipinski definition) is 7. The number of nitrogens with one attached hydrogen (secondary N) is 2. The van der Waals surface area contributed by atoms with Gasteiger partial charge in [-0.25, -0.2) is 4.79 Å². The molecule has 0 fully saturated rings. The van der Waals surface area contributed by atoms with Crippen LogP contribution < -0.4 is 10.8 Å². The summed E-state index contributed by atoms with van der Waals surface area (Å²) in [6, 6.07) is 8.18. The van der Waals surface area contributed by atoms with Gasteiger partial charge in [-0.3, -0.25) is 9.63 Å². The van der Waals surface area contributed by atoms with Crippen LogP contribution in [-0.4, -0.2) is 48.4 Å². The van der Waals surface area contributed by atoms with Crippen LogP contribution in [0.2, 0.25) is 0 Å². The van der Waals surface area contributed by atoms with Gasteiger partial charge in [-0.15, -0.1) is 0 Å². The van der Waals surface area contributed by atoms with E-state index >= 15 is 0 Å². The van der Waals surface area contributed by atoms with Crippen molar-refractivity contribution in [1.29, 1.82) is 0 Å². The molecule has 1 rings (SSSR count). The molecule has 28 heavy (non-hydrogen) atoms. The van der Waals surface area contributed by atoms with Gasteiger partial charge in [0, 0.05) is 0 Å². The van der Waals surface area contributed by atoms with Crippen molar-refractivity contribution in [2.24, 2.45) is 0 Å². The summed E-state index contributed by atoms with van der Waals surface area (Å²) in [6.45, 7) is 7.60. The number of alkyl carbamates (subject to hydrolysis) is 1. The molecule has 0 saturated carbocycles. The number of hydrogen-bond donors (Lipinski definition) is 2. The molecule has 2 N–H and O–H groups in total. The molecule has 0 aliphatic heterocycles. The fraction of sp³-hybridized carbons (Fsp3) is 0.600. The predicted octanol–water partition coefficient (Wildman–Crippen LogP) is 3.29.